The molecule has 0 radical (unpaired) electrons. The summed E-state index contributed by atoms with van der Waals surface area (Å²) in [5.74, 6) is 0. The summed E-state index contributed by atoms with van der Waals surface area (Å²) in [6.07, 6.45) is -3.08. The number of halogens is 3. The van der Waals surface area contributed by atoms with Crippen molar-refractivity contribution in [2.24, 2.45) is 0 Å². The predicted molar refractivity (Wildman–Crippen MR) is 78.0 cm³/mol. The minimum Gasteiger partial charge on any atom is -0.445 e. The van der Waals surface area contributed by atoms with Crippen LogP contribution < -0.4 is 10.6 Å². The summed E-state index contributed by atoms with van der Waals surface area (Å²) in [5.41, 5.74) is 0.948. The lowest BCUT2D eigenvalue weighted by Gasteiger charge is -2.18. The largest absolute Gasteiger partial charge is 0.445 e. The van der Waals surface area contributed by atoms with Gasteiger partial charge in [-0.1, -0.05) is 23.7 Å². The van der Waals surface area contributed by atoms with Gasteiger partial charge in [0.25, 0.3) is 0 Å². The van der Waals surface area contributed by atoms with E-state index >= 15 is 0 Å². The van der Waals surface area contributed by atoms with Gasteiger partial charge in [-0.15, -0.1) is 0 Å². The molecule has 0 aliphatic heterocycles. The molecule has 1 unspecified atom stereocenters. The number of amides is 1. The maximum atomic E-state index is 12.1. The molecule has 0 aliphatic carbocycles. The quantitative estimate of drug-likeness (QED) is 0.724. The molecule has 0 aromatic heterocycles. The van der Waals surface area contributed by atoms with E-state index in [1.807, 2.05) is 12.1 Å². The molecule has 0 aliphatic rings. The number of alkyl carbamates (subject to hydrolysis) is 1. The van der Waals surface area contributed by atoms with Gasteiger partial charge in [-0.2, -0.15) is 0 Å². The van der Waals surface area contributed by atoms with Crippen LogP contribution in [0.25, 0.3) is 0 Å². The first kappa shape index (κ1) is 17.7. The molecule has 0 fully saturated rings. The number of alkyl halides is 2. The Bertz CT molecular complexity index is 429. The highest BCUT2D eigenvalue weighted by atomic mass is 35.5. The highest BCUT2D eigenvalue weighted by Gasteiger charge is 2.14. The molecule has 1 rings (SSSR count). The lowest BCUT2D eigenvalue weighted by molar-refractivity contribution is 0.0955. The SMILES string of the molecule is CNC(=O)OC(CNCCC(F)F)Cc1ccc(Cl)cc1. The van der Waals surface area contributed by atoms with Crippen molar-refractivity contribution in [3.8, 4) is 0 Å². The van der Waals surface area contributed by atoms with Crippen molar-refractivity contribution in [2.45, 2.75) is 25.4 Å². The average molecular weight is 321 g/mol. The molecule has 118 valence electrons. The van der Waals surface area contributed by atoms with Crippen LogP contribution in [0.1, 0.15) is 12.0 Å². The molecule has 0 bridgehead atoms. The zero-order chi connectivity index (χ0) is 15.7. The van der Waals surface area contributed by atoms with Crippen LogP contribution in [0.4, 0.5) is 13.6 Å². The summed E-state index contributed by atoms with van der Waals surface area (Å²) in [4.78, 5) is 11.3. The third kappa shape index (κ3) is 7.82. The Morgan fingerprint density at radius 1 is 1.33 bits per heavy atom. The Hall–Kier alpha value is -1.40. The van der Waals surface area contributed by atoms with E-state index in [9.17, 15) is 13.6 Å². The predicted octanol–water partition coefficient (Wildman–Crippen LogP) is 2.85. The molecule has 1 aromatic carbocycles. The number of carbonyl (C=O) groups excluding carboxylic acids is 1. The van der Waals surface area contributed by atoms with Crippen LogP contribution in [0, 0.1) is 0 Å². The van der Waals surface area contributed by atoms with Gasteiger partial charge in [-0.3, -0.25) is 0 Å². The second kappa shape index (κ2) is 9.52. The monoisotopic (exact) mass is 320 g/mol. The zero-order valence-electron chi connectivity index (χ0n) is 11.7. The molecule has 0 heterocycles. The van der Waals surface area contributed by atoms with Crippen LogP contribution >= 0.6 is 11.6 Å². The Morgan fingerprint density at radius 2 is 2.00 bits per heavy atom. The molecule has 2 N–H and O–H groups in total. The molecule has 0 spiro atoms. The second-order valence-corrected chi connectivity index (χ2v) is 4.93. The molecule has 1 aromatic rings. The van der Waals surface area contributed by atoms with Crippen molar-refractivity contribution in [3.05, 3.63) is 34.9 Å². The molecule has 7 heteroatoms. The van der Waals surface area contributed by atoms with Gasteiger partial charge in [-0.05, 0) is 17.7 Å². The normalized spacial score (nSPS) is 12.2. The van der Waals surface area contributed by atoms with Crippen molar-refractivity contribution in [2.75, 3.05) is 20.1 Å². The maximum absolute atomic E-state index is 12.1. The fraction of sp³-hybridized carbons (Fsp3) is 0.500. The second-order valence-electron chi connectivity index (χ2n) is 4.49. The first-order chi connectivity index (χ1) is 10.0. The minimum atomic E-state index is -2.34. The Morgan fingerprint density at radius 3 is 2.57 bits per heavy atom. The van der Waals surface area contributed by atoms with Gasteiger partial charge in [0, 0.05) is 38.0 Å². The lowest BCUT2D eigenvalue weighted by atomic mass is 10.1. The van der Waals surface area contributed by atoms with Crippen molar-refractivity contribution < 1.29 is 18.3 Å². The molecule has 1 amide bonds. The van der Waals surface area contributed by atoms with Gasteiger partial charge in [0.2, 0.25) is 6.43 Å². The first-order valence-electron chi connectivity index (χ1n) is 6.63. The van der Waals surface area contributed by atoms with Crippen LogP contribution in [0.2, 0.25) is 5.02 Å². The van der Waals surface area contributed by atoms with Crippen molar-refractivity contribution in [1.29, 1.82) is 0 Å². The van der Waals surface area contributed by atoms with E-state index in [-0.39, 0.29) is 13.0 Å². The summed E-state index contributed by atoms with van der Waals surface area (Å²) in [6.45, 7) is 0.481. The molecule has 1 atom stereocenters. The maximum Gasteiger partial charge on any atom is 0.407 e. The Kier molecular flexibility index (Phi) is 8.00. The van der Waals surface area contributed by atoms with Gasteiger partial charge in [0.15, 0.2) is 0 Å². The Labute approximate surface area is 127 Å². The molecule has 0 saturated heterocycles. The van der Waals surface area contributed by atoms with Gasteiger partial charge in [0.05, 0.1) is 0 Å². The third-order valence-corrected chi connectivity index (χ3v) is 3.02. The van der Waals surface area contributed by atoms with E-state index in [4.69, 9.17) is 16.3 Å². The summed E-state index contributed by atoms with van der Waals surface area (Å²) in [5, 5.41) is 5.86. The van der Waals surface area contributed by atoms with E-state index in [1.54, 1.807) is 12.1 Å². The molecule has 4 nitrogen and oxygen atoms in total. The lowest BCUT2D eigenvalue weighted by Crippen LogP contribution is -2.36. The van der Waals surface area contributed by atoms with Gasteiger partial charge >= 0.3 is 6.09 Å². The minimum absolute atomic E-state index is 0.173. The highest BCUT2D eigenvalue weighted by molar-refractivity contribution is 6.30. The average Bonchev–Trinajstić information content (AvgIpc) is 2.45. The fourth-order valence-electron chi connectivity index (χ4n) is 1.72. The van der Waals surface area contributed by atoms with Crippen LogP contribution in [0.3, 0.4) is 0 Å². The summed E-state index contributed by atoms with van der Waals surface area (Å²) >= 11 is 5.81. The zero-order valence-corrected chi connectivity index (χ0v) is 12.5. The molecular formula is C14H19ClF2N2O2. The molecule has 0 saturated carbocycles. The number of benzene rings is 1. The van der Waals surface area contributed by atoms with E-state index in [1.165, 1.54) is 7.05 Å². The molecular weight excluding hydrogens is 302 g/mol. The van der Waals surface area contributed by atoms with Crippen LogP contribution in [0.15, 0.2) is 24.3 Å². The summed E-state index contributed by atoms with van der Waals surface area (Å²) < 4.78 is 29.3. The van der Waals surface area contributed by atoms with Gasteiger partial charge in [0.1, 0.15) is 6.10 Å². The molecule has 21 heavy (non-hydrogen) atoms. The third-order valence-electron chi connectivity index (χ3n) is 2.77. The topological polar surface area (TPSA) is 50.4 Å². The van der Waals surface area contributed by atoms with E-state index < -0.39 is 18.6 Å². The van der Waals surface area contributed by atoms with E-state index in [0.717, 1.165) is 5.56 Å². The Balaban J connectivity index is 2.51. The van der Waals surface area contributed by atoms with Crippen molar-refractivity contribution in [1.82, 2.24) is 10.6 Å². The summed E-state index contributed by atoms with van der Waals surface area (Å²) in [6, 6.07) is 7.17. The van der Waals surface area contributed by atoms with E-state index in [0.29, 0.717) is 18.0 Å². The number of rotatable bonds is 8. The smallest absolute Gasteiger partial charge is 0.407 e. The highest BCUT2D eigenvalue weighted by Crippen LogP contribution is 2.12. The number of hydrogen-bond donors (Lipinski definition) is 2. The van der Waals surface area contributed by atoms with Crippen LogP contribution in [-0.4, -0.2) is 38.8 Å². The number of carbonyl (C=O) groups is 1. The number of ether oxygens (including phenoxy) is 1. The van der Waals surface area contributed by atoms with Crippen molar-refractivity contribution >= 4 is 17.7 Å². The van der Waals surface area contributed by atoms with Crippen LogP contribution in [-0.2, 0) is 11.2 Å². The van der Waals surface area contributed by atoms with E-state index in [2.05, 4.69) is 10.6 Å². The first-order valence-corrected chi connectivity index (χ1v) is 7.00. The summed E-state index contributed by atoms with van der Waals surface area (Å²) in [7, 11) is 1.46. The van der Waals surface area contributed by atoms with Gasteiger partial charge in [-0.25, -0.2) is 13.6 Å². The standard InChI is InChI=1S/C14H19ClF2N2O2/c1-18-14(20)21-12(9-19-7-6-13(16)17)8-10-2-4-11(15)5-3-10/h2-5,12-13,19H,6-9H2,1H3,(H,18,20). The van der Waals surface area contributed by atoms with Crippen LogP contribution in [0.5, 0.6) is 0 Å². The van der Waals surface area contributed by atoms with Crippen molar-refractivity contribution in [3.63, 3.8) is 0 Å². The fourth-order valence-corrected chi connectivity index (χ4v) is 1.85. The number of hydrogen-bond acceptors (Lipinski definition) is 3. The van der Waals surface area contributed by atoms with Gasteiger partial charge < -0.3 is 15.4 Å². The number of nitrogens with one attached hydrogen (secondary N) is 2.